The zero-order chi connectivity index (χ0) is 38.0. The maximum atomic E-state index is 5.17. The number of aromatic nitrogens is 5. The van der Waals surface area contributed by atoms with Crippen LogP contribution < -0.4 is 0 Å². The fourth-order valence-corrected chi connectivity index (χ4v) is 7.43. The van der Waals surface area contributed by atoms with E-state index in [0.29, 0.717) is 17.5 Å². The molecular formula is C52H35N5. The normalized spacial score (nSPS) is 11.2. The van der Waals surface area contributed by atoms with Crippen molar-refractivity contribution in [3.05, 3.63) is 212 Å². The number of hydrogen-bond donors (Lipinski definition) is 0. The summed E-state index contributed by atoms with van der Waals surface area (Å²) in [4.78, 5) is 20.5. The van der Waals surface area contributed by atoms with Crippen LogP contribution in [-0.4, -0.2) is 24.3 Å². The van der Waals surface area contributed by atoms with Gasteiger partial charge in [0.2, 0.25) is 0 Å². The summed E-state index contributed by atoms with van der Waals surface area (Å²) in [6.07, 6.45) is 2.08. The maximum Gasteiger partial charge on any atom is 0.164 e. The van der Waals surface area contributed by atoms with Crippen molar-refractivity contribution in [3.8, 4) is 90.1 Å². The number of imidazole rings is 1. The summed E-state index contributed by atoms with van der Waals surface area (Å²) in [5, 5.41) is 0. The number of pyridine rings is 1. The number of fused-ring (bicyclic) bond motifs is 1. The zero-order valence-corrected chi connectivity index (χ0v) is 30.9. The van der Waals surface area contributed by atoms with Crippen LogP contribution in [0.15, 0.2) is 212 Å². The first-order valence-electron chi connectivity index (χ1n) is 19.1. The molecule has 0 aliphatic heterocycles. The number of benzene rings is 7. The Morgan fingerprint density at radius 1 is 0.263 bits per heavy atom. The Morgan fingerprint density at radius 2 is 0.667 bits per heavy atom. The van der Waals surface area contributed by atoms with Crippen molar-refractivity contribution in [1.29, 1.82) is 0 Å². The topological polar surface area (TPSA) is 56.0 Å². The fraction of sp³-hybridized carbons (Fsp3) is 0. The van der Waals surface area contributed by atoms with E-state index in [1.807, 2.05) is 60.7 Å². The minimum atomic E-state index is 0.605. The highest BCUT2D eigenvalue weighted by atomic mass is 15.0. The van der Waals surface area contributed by atoms with E-state index in [1.54, 1.807) is 0 Å². The SMILES string of the molecule is c1ccc(-c2ccc(-c3nc(-c4ccccc4)nc(-c4cc(-c5ccccc5)cc(-c5cccc(-c6nc7ccccn7c6-c6ccccc6)c5)c4)n3)cc2)cc1. The van der Waals surface area contributed by atoms with Gasteiger partial charge < -0.3 is 0 Å². The van der Waals surface area contributed by atoms with Crippen LogP contribution in [0.2, 0.25) is 0 Å². The lowest BCUT2D eigenvalue weighted by Gasteiger charge is -2.13. The molecule has 5 heteroatoms. The van der Waals surface area contributed by atoms with E-state index in [-0.39, 0.29) is 0 Å². The van der Waals surface area contributed by atoms with Gasteiger partial charge in [0, 0.05) is 34.0 Å². The van der Waals surface area contributed by atoms with Gasteiger partial charge in [0.05, 0.1) is 11.4 Å². The highest BCUT2D eigenvalue weighted by molar-refractivity contribution is 5.86. The van der Waals surface area contributed by atoms with Crippen molar-refractivity contribution in [3.63, 3.8) is 0 Å². The predicted octanol–water partition coefficient (Wildman–Crippen LogP) is 12.9. The monoisotopic (exact) mass is 729 g/mol. The molecule has 0 amide bonds. The van der Waals surface area contributed by atoms with Gasteiger partial charge in [0.15, 0.2) is 17.5 Å². The Bertz CT molecular complexity index is 2980. The predicted molar refractivity (Wildman–Crippen MR) is 232 cm³/mol. The summed E-state index contributed by atoms with van der Waals surface area (Å²) >= 11 is 0. The van der Waals surface area contributed by atoms with E-state index in [4.69, 9.17) is 19.9 Å². The number of nitrogens with zero attached hydrogens (tertiary/aromatic N) is 5. The molecule has 57 heavy (non-hydrogen) atoms. The van der Waals surface area contributed by atoms with E-state index >= 15 is 0 Å². The van der Waals surface area contributed by atoms with Gasteiger partial charge in [-0.15, -0.1) is 0 Å². The highest BCUT2D eigenvalue weighted by Gasteiger charge is 2.18. The van der Waals surface area contributed by atoms with Crippen molar-refractivity contribution in [2.45, 2.75) is 0 Å². The average Bonchev–Trinajstić information content (AvgIpc) is 3.70. The van der Waals surface area contributed by atoms with Crippen LogP contribution in [0.25, 0.3) is 95.7 Å². The Labute approximate surface area is 331 Å². The highest BCUT2D eigenvalue weighted by Crippen LogP contribution is 2.37. The first kappa shape index (κ1) is 33.8. The van der Waals surface area contributed by atoms with Crippen LogP contribution in [0.3, 0.4) is 0 Å². The molecule has 0 aliphatic carbocycles. The lowest BCUT2D eigenvalue weighted by molar-refractivity contribution is 1.07. The van der Waals surface area contributed by atoms with Crippen molar-refractivity contribution in [2.75, 3.05) is 0 Å². The van der Waals surface area contributed by atoms with E-state index in [0.717, 1.165) is 78.2 Å². The first-order valence-corrected chi connectivity index (χ1v) is 19.1. The number of rotatable bonds is 8. The van der Waals surface area contributed by atoms with Gasteiger partial charge in [-0.3, -0.25) is 4.40 Å². The molecule has 0 aliphatic rings. The molecule has 0 bridgehead atoms. The molecule has 0 unspecified atom stereocenters. The summed E-state index contributed by atoms with van der Waals surface area (Å²) in [6, 6.07) is 71.4. The second kappa shape index (κ2) is 14.8. The quantitative estimate of drug-likeness (QED) is 0.156. The largest absolute Gasteiger partial charge is 0.299 e. The third-order valence-corrected chi connectivity index (χ3v) is 10.3. The zero-order valence-electron chi connectivity index (χ0n) is 30.9. The molecule has 10 rings (SSSR count). The van der Waals surface area contributed by atoms with Crippen molar-refractivity contribution < 1.29 is 0 Å². The summed E-state index contributed by atoms with van der Waals surface area (Å²) in [6.45, 7) is 0. The van der Waals surface area contributed by atoms with Gasteiger partial charge in [-0.2, -0.15) is 0 Å². The summed E-state index contributed by atoms with van der Waals surface area (Å²) < 4.78 is 2.17. The van der Waals surface area contributed by atoms with Crippen LogP contribution in [0.4, 0.5) is 0 Å². The molecule has 0 saturated carbocycles. The second-order valence-electron chi connectivity index (χ2n) is 14.0. The van der Waals surface area contributed by atoms with Gasteiger partial charge in [-0.1, -0.05) is 170 Å². The maximum absolute atomic E-state index is 5.17. The third kappa shape index (κ3) is 6.79. The van der Waals surface area contributed by atoms with E-state index < -0.39 is 0 Å². The molecule has 3 heterocycles. The molecule has 7 aromatic carbocycles. The van der Waals surface area contributed by atoms with Crippen molar-refractivity contribution >= 4 is 5.65 Å². The second-order valence-corrected chi connectivity index (χ2v) is 14.0. The van der Waals surface area contributed by atoms with Gasteiger partial charge in [-0.25, -0.2) is 19.9 Å². The standard InChI is InChI=1S/C52H35N5/c1-5-16-36(17-6-1)38-27-29-41(30-28-38)51-54-50(40-22-11-4-12-23-40)55-52(56-51)46-34-44(37-18-7-2-8-19-37)33-45(35-46)42-24-15-25-43(32-42)48-49(39-20-9-3-10-21-39)57-31-14-13-26-47(57)53-48/h1-35H. The van der Waals surface area contributed by atoms with Gasteiger partial charge >= 0.3 is 0 Å². The number of hydrogen-bond acceptors (Lipinski definition) is 4. The molecule has 3 aromatic heterocycles. The van der Waals surface area contributed by atoms with Gasteiger partial charge in [0.1, 0.15) is 5.65 Å². The summed E-state index contributed by atoms with van der Waals surface area (Å²) in [7, 11) is 0. The minimum Gasteiger partial charge on any atom is -0.299 e. The lowest BCUT2D eigenvalue weighted by Crippen LogP contribution is -2.00. The Balaban J connectivity index is 1.13. The van der Waals surface area contributed by atoms with Crippen LogP contribution >= 0.6 is 0 Å². The summed E-state index contributed by atoms with van der Waals surface area (Å²) in [5.74, 6) is 1.84. The summed E-state index contributed by atoms with van der Waals surface area (Å²) in [5.41, 5.74) is 14.4. The van der Waals surface area contributed by atoms with Crippen LogP contribution in [-0.2, 0) is 0 Å². The van der Waals surface area contributed by atoms with Crippen LogP contribution in [0.5, 0.6) is 0 Å². The molecule has 0 atom stereocenters. The third-order valence-electron chi connectivity index (χ3n) is 10.3. The molecule has 268 valence electrons. The molecule has 5 nitrogen and oxygen atoms in total. The Kier molecular flexibility index (Phi) is 8.78. The van der Waals surface area contributed by atoms with E-state index in [9.17, 15) is 0 Å². The molecule has 0 saturated heterocycles. The molecule has 0 N–H and O–H groups in total. The fourth-order valence-electron chi connectivity index (χ4n) is 7.43. The first-order chi connectivity index (χ1) is 28.2. The van der Waals surface area contributed by atoms with Crippen molar-refractivity contribution in [1.82, 2.24) is 24.3 Å². The average molecular weight is 730 g/mol. The Morgan fingerprint density at radius 3 is 1.30 bits per heavy atom. The minimum absolute atomic E-state index is 0.605. The van der Waals surface area contributed by atoms with Crippen LogP contribution in [0.1, 0.15) is 0 Å². The lowest BCUT2D eigenvalue weighted by atomic mass is 9.94. The van der Waals surface area contributed by atoms with E-state index in [1.165, 1.54) is 0 Å². The molecule has 0 radical (unpaired) electrons. The van der Waals surface area contributed by atoms with Crippen molar-refractivity contribution in [2.24, 2.45) is 0 Å². The van der Waals surface area contributed by atoms with E-state index in [2.05, 4.69) is 156 Å². The molecule has 0 spiro atoms. The molecule has 0 fully saturated rings. The van der Waals surface area contributed by atoms with Gasteiger partial charge in [-0.05, 0) is 69.8 Å². The molecular weight excluding hydrogens is 695 g/mol. The van der Waals surface area contributed by atoms with Gasteiger partial charge in [0.25, 0.3) is 0 Å². The molecule has 10 aromatic rings. The van der Waals surface area contributed by atoms with Crippen LogP contribution in [0, 0.1) is 0 Å². The smallest absolute Gasteiger partial charge is 0.164 e. The Hall–Kier alpha value is -7.76.